The monoisotopic (exact) mass is 441 g/mol. The van der Waals surface area contributed by atoms with Crippen LogP contribution in [-0.2, 0) is 9.53 Å². The fraction of sp³-hybridized carbons (Fsp3) is 0.458. The number of carbonyl (C=O) groups excluding carboxylic acids is 3. The molecule has 3 rings (SSSR count). The smallest absolute Gasteiger partial charge is 0.289 e. The van der Waals surface area contributed by atoms with Crippen molar-refractivity contribution in [3.05, 3.63) is 59.5 Å². The van der Waals surface area contributed by atoms with Gasteiger partial charge in [0.15, 0.2) is 5.76 Å². The van der Waals surface area contributed by atoms with Gasteiger partial charge in [0.2, 0.25) is 5.91 Å². The Hall–Kier alpha value is -3.13. The Morgan fingerprint density at radius 3 is 2.62 bits per heavy atom. The summed E-state index contributed by atoms with van der Waals surface area (Å²) in [7, 11) is 1.62. The molecule has 0 spiro atoms. The van der Waals surface area contributed by atoms with Crippen LogP contribution < -0.4 is 10.6 Å². The van der Waals surface area contributed by atoms with E-state index < -0.39 is 6.04 Å². The number of likely N-dealkylation sites (tertiary alicyclic amines) is 1. The first-order valence-electron chi connectivity index (χ1n) is 11.0. The van der Waals surface area contributed by atoms with Gasteiger partial charge in [0.1, 0.15) is 6.04 Å². The van der Waals surface area contributed by atoms with E-state index in [1.165, 1.54) is 6.26 Å². The molecule has 8 nitrogen and oxygen atoms in total. The molecular formula is C24H31N3O5. The summed E-state index contributed by atoms with van der Waals surface area (Å²) in [5, 5.41) is 5.85. The molecule has 2 aromatic rings. The third kappa shape index (κ3) is 6.20. The predicted octanol–water partition coefficient (Wildman–Crippen LogP) is 2.39. The van der Waals surface area contributed by atoms with Crippen molar-refractivity contribution in [1.82, 2.24) is 15.5 Å². The van der Waals surface area contributed by atoms with Gasteiger partial charge in [-0.25, -0.2) is 0 Å². The van der Waals surface area contributed by atoms with Gasteiger partial charge < -0.3 is 24.7 Å². The number of furan rings is 1. The first kappa shape index (κ1) is 23.5. The molecule has 1 aliphatic heterocycles. The van der Waals surface area contributed by atoms with Gasteiger partial charge in [0.25, 0.3) is 11.8 Å². The zero-order chi connectivity index (χ0) is 22.9. The summed E-state index contributed by atoms with van der Waals surface area (Å²) in [5.74, 6) is -0.411. The average molecular weight is 442 g/mol. The van der Waals surface area contributed by atoms with E-state index in [4.69, 9.17) is 9.15 Å². The molecule has 3 amide bonds. The predicted molar refractivity (Wildman–Crippen MR) is 119 cm³/mol. The highest BCUT2D eigenvalue weighted by atomic mass is 16.5. The van der Waals surface area contributed by atoms with Crippen LogP contribution in [0.2, 0.25) is 0 Å². The van der Waals surface area contributed by atoms with Crippen molar-refractivity contribution in [3.8, 4) is 0 Å². The average Bonchev–Trinajstić information content (AvgIpc) is 3.35. The Morgan fingerprint density at radius 1 is 1.19 bits per heavy atom. The number of methoxy groups -OCH3 is 1. The third-order valence-corrected chi connectivity index (χ3v) is 5.70. The lowest BCUT2D eigenvalue weighted by atomic mass is 9.88. The van der Waals surface area contributed by atoms with Gasteiger partial charge in [0.05, 0.1) is 6.26 Å². The molecule has 1 aromatic carbocycles. The van der Waals surface area contributed by atoms with Gasteiger partial charge in [-0.05, 0) is 56.4 Å². The second-order valence-corrected chi connectivity index (χ2v) is 8.06. The number of rotatable bonds is 9. The quantitative estimate of drug-likeness (QED) is 0.582. The molecule has 2 heterocycles. The second kappa shape index (κ2) is 11.5. The summed E-state index contributed by atoms with van der Waals surface area (Å²) in [6.07, 6.45) is 3.38. The molecule has 1 aromatic heterocycles. The maximum absolute atomic E-state index is 13.0. The number of ether oxygens (including phenoxy) is 1. The number of benzene rings is 1. The van der Waals surface area contributed by atoms with E-state index in [1.807, 2.05) is 19.1 Å². The normalized spacial score (nSPS) is 15.2. The molecule has 0 bridgehead atoms. The van der Waals surface area contributed by atoms with E-state index >= 15 is 0 Å². The van der Waals surface area contributed by atoms with Gasteiger partial charge in [0, 0.05) is 38.9 Å². The minimum absolute atomic E-state index is 0.0770. The van der Waals surface area contributed by atoms with E-state index in [1.54, 1.807) is 36.3 Å². The second-order valence-electron chi connectivity index (χ2n) is 8.06. The van der Waals surface area contributed by atoms with Crippen LogP contribution in [0.25, 0.3) is 0 Å². The molecule has 0 saturated carbocycles. The van der Waals surface area contributed by atoms with Crippen molar-refractivity contribution in [3.63, 3.8) is 0 Å². The summed E-state index contributed by atoms with van der Waals surface area (Å²) in [6, 6.07) is 9.93. The third-order valence-electron chi connectivity index (χ3n) is 5.70. The summed E-state index contributed by atoms with van der Waals surface area (Å²) in [6.45, 7) is 3.94. The number of aryl methyl sites for hydroxylation is 1. The molecular weight excluding hydrogens is 410 g/mol. The van der Waals surface area contributed by atoms with E-state index in [2.05, 4.69) is 10.6 Å². The molecule has 1 aliphatic rings. The summed E-state index contributed by atoms with van der Waals surface area (Å²) >= 11 is 0. The molecule has 1 atom stereocenters. The highest BCUT2D eigenvalue weighted by Crippen LogP contribution is 2.23. The number of carbonyl (C=O) groups is 3. The lowest BCUT2D eigenvalue weighted by molar-refractivity contribution is -0.124. The first-order valence-corrected chi connectivity index (χ1v) is 11.0. The lowest BCUT2D eigenvalue weighted by Gasteiger charge is -2.35. The van der Waals surface area contributed by atoms with Crippen LogP contribution in [0.5, 0.6) is 0 Å². The minimum atomic E-state index is -0.675. The van der Waals surface area contributed by atoms with Crippen LogP contribution in [0.15, 0.2) is 47.1 Å². The molecule has 2 N–H and O–H groups in total. The Kier molecular flexibility index (Phi) is 8.44. The zero-order valence-corrected chi connectivity index (χ0v) is 18.6. The van der Waals surface area contributed by atoms with Crippen molar-refractivity contribution in [2.45, 2.75) is 32.2 Å². The van der Waals surface area contributed by atoms with Gasteiger partial charge in [-0.1, -0.05) is 17.7 Å². The van der Waals surface area contributed by atoms with Crippen LogP contribution >= 0.6 is 0 Å². The molecule has 1 unspecified atom stereocenters. The molecule has 0 radical (unpaired) electrons. The van der Waals surface area contributed by atoms with Crippen molar-refractivity contribution < 1.29 is 23.5 Å². The van der Waals surface area contributed by atoms with Crippen molar-refractivity contribution in [2.75, 3.05) is 33.4 Å². The zero-order valence-electron chi connectivity index (χ0n) is 18.6. The highest BCUT2D eigenvalue weighted by molar-refractivity contribution is 5.97. The summed E-state index contributed by atoms with van der Waals surface area (Å²) in [4.78, 5) is 40.1. The van der Waals surface area contributed by atoms with Crippen molar-refractivity contribution in [1.29, 1.82) is 0 Å². The number of hydrogen-bond acceptors (Lipinski definition) is 5. The van der Waals surface area contributed by atoms with Crippen LogP contribution in [0, 0.1) is 12.8 Å². The van der Waals surface area contributed by atoms with Crippen LogP contribution in [0.3, 0.4) is 0 Å². The number of nitrogens with one attached hydrogen (secondary N) is 2. The SMILES string of the molecule is COCCCNC(=O)C(NC(=O)c1cccc(C)c1)C1CCN(C(=O)c2ccco2)CC1. The lowest BCUT2D eigenvalue weighted by Crippen LogP contribution is -2.54. The fourth-order valence-electron chi connectivity index (χ4n) is 3.94. The molecule has 1 saturated heterocycles. The first-order chi connectivity index (χ1) is 15.5. The molecule has 1 fully saturated rings. The number of nitrogens with zero attached hydrogens (tertiary/aromatic N) is 1. The van der Waals surface area contributed by atoms with Gasteiger partial charge in [-0.15, -0.1) is 0 Å². The maximum Gasteiger partial charge on any atom is 0.289 e. The Bertz CT molecular complexity index is 904. The van der Waals surface area contributed by atoms with Crippen LogP contribution in [0.4, 0.5) is 0 Å². The van der Waals surface area contributed by atoms with Crippen molar-refractivity contribution >= 4 is 17.7 Å². The van der Waals surface area contributed by atoms with E-state index in [9.17, 15) is 14.4 Å². The Balaban J connectivity index is 1.65. The Labute approximate surface area is 188 Å². The van der Waals surface area contributed by atoms with Gasteiger partial charge >= 0.3 is 0 Å². The summed E-state index contributed by atoms with van der Waals surface area (Å²) < 4.78 is 10.2. The topological polar surface area (TPSA) is 101 Å². The largest absolute Gasteiger partial charge is 0.459 e. The number of piperidine rings is 1. The van der Waals surface area contributed by atoms with E-state index in [0.717, 1.165) is 5.56 Å². The summed E-state index contributed by atoms with van der Waals surface area (Å²) in [5.41, 5.74) is 1.50. The molecule has 32 heavy (non-hydrogen) atoms. The standard InChI is InChI=1S/C24H31N3O5/c1-17-6-3-7-19(16-17)22(28)26-21(23(29)25-11-5-14-31-2)18-9-12-27(13-10-18)24(30)20-8-4-15-32-20/h3-4,6-8,15-16,18,21H,5,9-14H2,1-2H3,(H,25,29)(H,26,28). The molecule has 8 heteroatoms. The maximum atomic E-state index is 13.0. The molecule has 0 aliphatic carbocycles. The fourth-order valence-corrected chi connectivity index (χ4v) is 3.94. The van der Waals surface area contributed by atoms with Gasteiger partial charge in [-0.3, -0.25) is 14.4 Å². The van der Waals surface area contributed by atoms with Crippen LogP contribution in [0.1, 0.15) is 45.7 Å². The van der Waals surface area contributed by atoms with E-state index in [0.29, 0.717) is 56.8 Å². The van der Waals surface area contributed by atoms with E-state index in [-0.39, 0.29) is 23.6 Å². The number of hydrogen-bond donors (Lipinski definition) is 2. The molecule has 172 valence electrons. The number of amides is 3. The highest BCUT2D eigenvalue weighted by Gasteiger charge is 2.34. The Morgan fingerprint density at radius 2 is 1.97 bits per heavy atom. The van der Waals surface area contributed by atoms with Gasteiger partial charge in [-0.2, -0.15) is 0 Å². The van der Waals surface area contributed by atoms with Crippen LogP contribution in [-0.4, -0.2) is 62.0 Å². The minimum Gasteiger partial charge on any atom is -0.459 e. The van der Waals surface area contributed by atoms with Crippen molar-refractivity contribution in [2.24, 2.45) is 5.92 Å².